The Kier molecular flexibility index (Phi) is 2.71. The first-order valence-electron chi connectivity index (χ1n) is 6.30. The molecule has 1 N–H and O–H groups in total. The van der Waals surface area contributed by atoms with Crippen molar-refractivity contribution >= 4 is 11.8 Å². The molecular formula is C13H17N3O. The number of aromatic nitrogens is 1. The molecule has 1 aromatic heterocycles. The molecule has 4 heteroatoms. The van der Waals surface area contributed by atoms with Gasteiger partial charge >= 0.3 is 6.03 Å². The van der Waals surface area contributed by atoms with E-state index >= 15 is 0 Å². The summed E-state index contributed by atoms with van der Waals surface area (Å²) in [6.45, 7) is 1.84. The van der Waals surface area contributed by atoms with Gasteiger partial charge in [0, 0.05) is 19.3 Å². The molecule has 2 atom stereocenters. The average molecular weight is 231 g/mol. The van der Waals surface area contributed by atoms with Gasteiger partial charge in [0.1, 0.15) is 5.82 Å². The lowest BCUT2D eigenvalue weighted by molar-refractivity contribution is 0.218. The van der Waals surface area contributed by atoms with Gasteiger partial charge in [-0.25, -0.2) is 9.78 Å². The lowest BCUT2D eigenvalue weighted by atomic mass is 10.0. The summed E-state index contributed by atoms with van der Waals surface area (Å²) < 4.78 is 0. The minimum Gasteiger partial charge on any atom is -0.324 e. The van der Waals surface area contributed by atoms with Gasteiger partial charge in [0.2, 0.25) is 0 Å². The molecule has 3 rings (SSSR count). The number of hydrogen-bond acceptors (Lipinski definition) is 2. The summed E-state index contributed by atoms with van der Waals surface area (Å²) in [6, 6.07) is 5.53. The molecule has 1 saturated heterocycles. The molecule has 2 heterocycles. The van der Waals surface area contributed by atoms with Crippen LogP contribution >= 0.6 is 0 Å². The van der Waals surface area contributed by atoms with Crippen molar-refractivity contribution in [3.63, 3.8) is 0 Å². The van der Waals surface area contributed by atoms with Crippen molar-refractivity contribution in [1.29, 1.82) is 0 Å². The maximum atomic E-state index is 12.0. The van der Waals surface area contributed by atoms with E-state index in [1.807, 2.05) is 23.1 Å². The van der Waals surface area contributed by atoms with Crippen LogP contribution in [0.15, 0.2) is 24.4 Å². The Morgan fingerprint density at radius 1 is 1.29 bits per heavy atom. The van der Waals surface area contributed by atoms with Gasteiger partial charge in [0.25, 0.3) is 0 Å². The van der Waals surface area contributed by atoms with Gasteiger partial charge in [-0.2, -0.15) is 0 Å². The van der Waals surface area contributed by atoms with Gasteiger partial charge in [-0.05, 0) is 36.8 Å². The Balaban J connectivity index is 1.61. The van der Waals surface area contributed by atoms with Crippen LogP contribution in [-0.4, -0.2) is 29.0 Å². The van der Waals surface area contributed by atoms with Gasteiger partial charge in [-0.15, -0.1) is 0 Å². The number of hydrogen-bond donors (Lipinski definition) is 1. The number of rotatable bonds is 1. The SMILES string of the molecule is O=C(Nc1ccccn1)N1CC2CCC[C@@H]2C1. The van der Waals surface area contributed by atoms with Gasteiger partial charge in [0.15, 0.2) is 0 Å². The van der Waals surface area contributed by atoms with Crippen molar-refractivity contribution < 1.29 is 4.79 Å². The van der Waals surface area contributed by atoms with Crippen LogP contribution in [0.3, 0.4) is 0 Å². The van der Waals surface area contributed by atoms with E-state index in [1.165, 1.54) is 19.3 Å². The van der Waals surface area contributed by atoms with Crippen LogP contribution in [-0.2, 0) is 0 Å². The van der Waals surface area contributed by atoms with Crippen molar-refractivity contribution in [1.82, 2.24) is 9.88 Å². The monoisotopic (exact) mass is 231 g/mol. The average Bonchev–Trinajstić information content (AvgIpc) is 2.90. The Hall–Kier alpha value is -1.58. The number of anilines is 1. The highest BCUT2D eigenvalue weighted by atomic mass is 16.2. The third-order valence-electron chi connectivity index (χ3n) is 3.91. The molecule has 0 bridgehead atoms. The van der Waals surface area contributed by atoms with Crippen molar-refractivity contribution in [3.05, 3.63) is 24.4 Å². The summed E-state index contributed by atoms with van der Waals surface area (Å²) >= 11 is 0. The standard InChI is InChI=1S/C13H17N3O/c17-13(15-12-6-1-2-7-14-12)16-8-10-4-3-5-11(10)9-16/h1-2,6-7,10-11H,3-5,8-9H2,(H,14,15,17)/t10-,11?/m1/s1. The molecule has 4 nitrogen and oxygen atoms in total. The molecule has 0 aromatic carbocycles. The number of nitrogens with one attached hydrogen (secondary N) is 1. The largest absolute Gasteiger partial charge is 0.324 e. The second kappa shape index (κ2) is 4.35. The third kappa shape index (κ3) is 2.12. The highest BCUT2D eigenvalue weighted by Gasteiger charge is 2.37. The first-order chi connectivity index (χ1) is 8.33. The van der Waals surface area contributed by atoms with Crippen molar-refractivity contribution in [2.45, 2.75) is 19.3 Å². The van der Waals surface area contributed by atoms with Gasteiger partial charge in [-0.1, -0.05) is 12.5 Å². The maximum Gasteiger partial charge on any atom is 0.323 e. The second-order valence-corrected chi connectivity index (χ2v) is 5.00. The van der Waals surface area contributed by atoms with Crippen LogP contribution in [0.4, 0.5) is 10.6 Å². The van der Waals surface area contributed by atoms with Crippen molar-refractivity contribution in [2.24, 2.45) is 11.8 Å². The molecule has 0 radical (unpaired) electrons. The maximum absolute atomic E-state index is 12.0. The van der Waals surface area contributed by atoms with E-state index in [9.17, 15) is 4.79 Å². The van der Waals surface area contributed by atoms with Crippen LogP contribution in [0.5, 0.6) is 0 Å². The fraction of sp³-hybridized carbons (Fsp3) is 0.538. The molecule has 2 fully saturated rings. The fourth-order valence-electron chi connectivity index (χ4n) is 3.03. The molecule has 17 heavy (non-hydrogen) atoms. The summed E-state index contributed by atoms with van der Waals surface area (Å²) in [6.07, 6.45) is 5.61. The van der Waals surface area contributed by atoms with E-state index in [4.69, 9.17) is 0 Å². The van der Waals surface area contributed by atoms with E-state index in [0.717, 1.165) is 24.9 Å². The minimum absolute atomic E-state index is 0.00176. The Morgan fingerprint density at radius 3 is 2.71 bits per heavy atom. The van der Waals surface area contributed by atoms with E-state index in [1.54, 1.807) is 6.20 Å². The zero-order valence-electron chi connectivity index (χ0n) is 9.80. The van der Waals surface area contributed by atoms with Gasteiger partial charge in [0.05, 0.1) is 0 Å². The Labute approximate surface area is 101 Å². The van der Waals surface area contributed by atoms with Crippen LogP contribution < -0.4 is 5.32 Å². The van der Waals surface area contributed by atoms with E-state index in [2.05, 4.69) is 10.3 Å². The van der Waals surface area contributed by atoms with Crippen LogP contribution in [0, 0.1) is 11.8 Å². The topological polar surface area (TPSA) is 45.2 Å². The summed E-state index contributed by atoms with van der Waals surface area (Å²) in [5.74, 6) is 2.11. The number of amides is 2. The lowest BCUT2D eigenvalue weighted by Crippen LogP contribution is -2.33. The lowest BCUT2D eigenvalue weighted by Gasteiger charge is -2.17. The molecule has 90 valence electrons. The number of nitrogens with zero attached hydrogens (tertiary/aromatic N) is 2. The van der Waals surface area contributed by atoms with Crippen LogP contribution in [0.1, 0.15) is 19.3 Å². The van der Waals surface area contributed by atoms with Crippen molar-refractivity contribution in [2.75, 3.05) is 18.4 Å². The highest BCUT2D eigenvalue weighted by Crippen LogP contribution is 2.37. The predicted molar refractivity (Wildman–Crippen MR) is 65.7 cm³/mol. The zero-order valence-corrected chi connectivity index (χ0v) is 9.80. The Morgan fingerprint density at radius 2 is 2.06 bits per heavy atom. The quantitative estimate of drug-likeness (QED) is 0.806. The van der Waals surface area contributed by atoms with Crippen LogP contribution in [0.25, 0.3) is 0 Å². The molecule has 1 aromatic rings. The smallest absolute Gasteiger partial charge is 0.323 e. The minimum atomic E-state index is -0.00176. The number of carbonyl (C=O) groups is 1. The van der Waals surface area contributed by atoms with Gasteiger partial charge < -0.3 is 4.90 Å². The first-order valence-corrected chi connectivity index (χ1v) is 6.30. The number of pyridine rings is 1. The fourth-order valence-corrected chi connectivity index (χ4v) is 3.03. The number of urea groups is 1. The molecule has 0 spiro atoms. The molecule has 1 aliphatic carbocycles. The molecule has 1 unspecified atom stereocenters. The number of carbonyl (C=O) groups excluding carboxylic acids is 1. The summed E-state index contributed by atoms with van der Waals surface area (Å²) in [7, 11) is 0. The second-order valence-electron chi connectivity index (χ2n) is 5.00. The first kappa shape index (κ1) is 10.6. The van der Waals surface area contributed by atoms with E-state index < -0.39 is 0 Å². The number of likely N-dealkylation sites (tertiary alicyclic amines) is 1. The number of fused-ring (bicyclic) bond motifs is 1. The predicted octanol–water partition coefficient (Wildman–Crippen LogP) is 2.35. The molecule has 2 amide bonds. The summed E-state index contributed by atoms with van der Waals surface area (Å²) in [5, 5.41) is 2.85. The molecular weight excluding hydrogens is 214 g/mol. The van der Waals surface area contributed by atoms with Crippen LogP contribution in [0.2, 0.25) is 0 Å². The molecule has 1 saturated carbocycles. The summed E-state index contributed by atoms with van der Waals surface area (Å²) in [5.41, 5.74) is 0. The Bertz CT molecular complexity index is 394. The normalized spacial score (nSPS) is 26.9. The molecule has 2 aliphatic rings. The van der Waals surface area contributed by atoms with Gasteiger partial charge in [-0.3, -0.25) is 5.32 Å². The zero-order chi connectivity index (χ0) is 11.7. The summed E-state index contributed by atoms with van der Waals surface area (Å²) in [4.78, 5) is 18.1. The third-order valence-corrected chi connectivity index (χ3v) is 3.91. The van der Waals surface area contributed by atoms with Crippen molar-refractivity contribution in [3.8, 4) is 0 Å². The van der Waals surface area contributed by atoms with E-state index in [-0.39, 0.29) is 6.03 Å². The highest BCUT2D eigenvalue weighted by molar-refractivity contribution is 5.88. The van der Waals surface area contributed by atoms with E-state index in [0.29, 0.717) is 5.82 Å². The molecule has 1 aliphatic heterocycles.